The summed E-state index contributed by atoms with van der Waals surface area (Å²) in [5.41, 5.74) is 0.0658. The van der Waals surface area contributed by atoms with Crippen LogP contribution in [0, 0.1) is 5.82 Å². The van der Waals surface area contributed by atoms with E-state index in [-0.39, 0.29) is 33.7 Å². The Bertz CT molecular complexity index is 1030. The molecule has 11 heteroatoms. The molecule has 1 unspecified atom stereocenters. The lowest BCUT2D eigenvalue weighted by Crippen LogP contribution is -2.24. The van der Waals surface area contributed by atoms with Crippen LogP contribution in [0.5, 0.6) is 0 Å². The second-order valence-electron chi connectivity index (χ2n) is 5.87. The number of halogens is 3. The topological polar surface area (TPSA) is 102 Å². The molecule has 2 aromatic heterocycles. The zero-order chi connectivity index (χ0) is 20.4. The van der Waals surface area contributed by atoms with Crippen LogP contribution in [0.15, 0.2) is 36.7 Å². The number of anilines is 1. The predicted molar refractivity (Wildman–Crippen MR) is 100 cm³/mol. The second-order valence-corrected chi connectivity index (χ2v) is 6.69. The molecule has 0 aliphatic heterocycles. The van der Waals surface area contributed by atoms with Gasteiger partial charge in [0.05, 0.1) is 6.54 Å². The third kappa shape index (κ3) is 4.15. The minimum atomic E-state index is -1.19. The van der Waals surface area contributed by atoms with Gasteiger partial charge in [0.15, 0.2) is 11.5 Å². The van der Waals surface area contributed by atoms with E-state index >= 15 is 0 Å². The zero-order valence-corrected chi connectivity index (χ0v) is 15.9. The van der Waals surface area contributed by atoms with Gasteiger partial charge in [0.1, 0.15) is 16.9 Å². The van der Waals surface area contributed by atoms with Gasteiger partial charge < -0.3 is 10.4 Å². The highest BCUT2D eigenvalue weighted by atomic mass is 35.5. The van der Waals surface area contributed by atoms with E-state index in [2.05, 4.69) is 15.5 Å². The Morgan fingerprint density at radius 1 is 1.25 bits per heavy atom. The molecule has 0 saturated heterocycles. The number of carboxylic acid groups (broad SMARTS) is 1. The fourth-order valence-electron chi connectivity index (χ4n) is 2.42. The van der Waals surface area contributed by atoms with Crippen molar-refractivity contribution < 1.29 is 19.1 Å². The van der Waals surface area contributed by atoms with Crippen LogP contribution in [0.3, 0.4) is 0 Å². The van der Waals surface area contributed by atoms with Crippen molar-refractivity contribution in [3.05, 3.63) is 63.8 Å². The number of carbonyl (C=O) groups excluding carboxylic acids is 1. The quantitative estimate of drug-likeness (QED) is 0.629. The summed E-state index contributed by atoms with van der Waals surface area (Å²) in [6.45, 7) is 1.57. The molecule has 2 N–H and O–H groups in total. The SMILES string of the molecule is CC(C(=O)Nc1nn(Cc2c(F)cccc2Cl)cc1Cl)n1ccc(C(=O)O)n1. The summed E-state index contributed by atoms with van der Waals surface area (Å²) in [5, 5.41) is 19.8. The fourth-order valence-corrected chi connectivity index (χ4v) is 2.84. The van der Waals surface area contributed by atoms with E-state index in [0.29, 0.717) is 0 Å². The normalized spacial score (nSPS) is 12.0. The van der Waals surface area contributed by atoms with Crippen molar-refractivity contribution in [3.63, 3.8) is 0 Å². The molecule has 0 spiro atoms. The summed E-state index contributed by atoms with van der Waals surface area (Å²) in [7, 11) is 0. The third-order valence-electron chi connectivity index (χ3n) is 3.94. The molecule has 3 aromatic rings. The molecule has 2 heterocycles. The number of carbonyl (C=O) groups is 2. The van der Waals surface area contributed by atoms with Gasteiger partial charge in [-0.1, -0.05) is 29.3 Å². The molecule has 1 atom stereocenters. The van der Waals surface area contributed by atoms with Gasteiger partial charge in [0, 0.05) is 23.0 Å². The number of rotatable bonds is 6. The van der Waals surface area contributed by atoms with E-state index in [4.69, 9.17) is 28.3 Å². The molecule has 0 fully saturated rings. The van der Waals surface area contributed by atoms with Crippen LogP contribution in [0.1, 0.15) is 29.0 Å². The van der Waals surface area contributed by atoms with Crippen LogP contribution in [-0.2, 0) is 11.3 Å². The zero-order valence-electron chi connectivity index (χ0n) is 14.4. The highest BCUT2D eigenvalue weighted by Crippen LogP contribution is 2.24. The molecule has 0 aliphatic carbocycles. The van der Waals surface area contributed by atoms with Crippen molar-refractivity contribution in [3.8, 4) is 0 Å². The van der Waals surface area contributed by atoms with Crippen LogP contribution < -0.4 is 5.32 Å². The summed E-state index contributed by atoms with van der Waals surface area (Å²) in [4.78, 5) is 23.3. The lowest BCUT2D eigenvalue weighted by molar-refractivity contribution is -0.119. The van der Waals surface area contributed by atoms with Crippen LogP contribution in [0.4, 0.5) is 10.2 Å². The van der Waals surface area contributed by atoms with Crippen LogP contribution >= 0.6 is 23.2 Å². The lowest BCUT2D eigenvalue weighted by atomic mass is 10.2. The highest BCUT2D eigenvalue weighted by molar-refractivity contribution is 6.33. The first-order valence-electron chi connectivity index (χ1n) is 8.01. The van der Waals surface area contributed by atoms with Gasteiger partial charge in [-0.3, -0.25) is 14.2 Å². The Hall–Kier alpha value is -2.91. The van der Waals surface area contributed by atoms with Crippen molar-refractivity contribution in [1.29, 1.82) is 0 Å². The summed E-state index contributed by atoms with van der Waals surface area (Å²) in [6, 6.07) is 4.81. The molecule has 0 saturated carbocycles. The van der Waals surface area contributed by atoms with Crippen LogP contribution in [0.2, 0.25) is 10.0 Å². The molecule has 0 bridgehead atoms. The van der Waals surface area contributed by atoms with Crippen LogP contribution in [-0.4, -0.2) is 36.5 Å². The van der Waals surface area contributed by atoms with Gasteiger partial charge in [-0.2, -0.15) is 10.2 Å². The maximum Gasteiger partial charge on any atom is 0.356 e. The van der Waals surface area contributed by atoms with Gasteiger partial charge in [0.2, 0.25) is 5.91 Å². The van der Waals surface area contributed by atoms with Gasteiger partial charge in [0.25, 0.3) is 0 Å². The van der Waals surface area contributed by atoms with E-state index < -0.39 is 23.7 Å². The molecular weight excluding hydrogens is 412 g/mol. The number of benzene rings is 1. The average molecular weight is 426 g/mol. The van der Waals surface area contributed by atoms with Crippen molar-refractivity contribution in [2.45, 2.75) is 19.5 Å². The smallest absolute Gasteiger partial charge is 0.356 e. The van der Waals surface area contributed by atoms with E-state index in [9.17, 15) is 14.0 Å². The number of carboxylic acids is 1. The van der Waals surface area contributed by atoms with Gasteiger partial charge in [-0.25, -0.2) is 9.18 Å². The first-order valence-corrected chi connectivity index (χ1v) is 8.77. The maximum atomic E-state index is 13.9. The van der Waals surface area contributed by atoms with Crippen molar-refractivity contribution >= 4 is 40.9 Å². The summed E-state index contributed by atoms with van der Waals surface area (Å²) in [6.07, 6.45) is 2.81. The third-order valence-corrected chi connectivity index (χ3v) is 4.57. The minimum absolute atomic E-state index is 0.0256. The highest BCUT2D eigenvalue weighted by Gasteiger charge is 2.20. The average Bonchev–Trinajstić information content (AvgIpc) is 3.25. The Morgan fingerprint density at radius 3 is 2.64 bits per heavy atom. The van der Waals surface area contributed by atoms with Gasteiger partial charge >= 0.3 is 5.97 Å². The summed E-state index contributed by atoms with van der Waals surface area (Å²) < 4.78 is 16.5. The first-order chi connectivity index (χ1) is 13.3. The summed E-state index contributed by atoms with van der Waals surface area (Å²) >= 11 is 12.1. The predicted octanol–water partition coefficient (Wildman–Crippen LogP) is 3.47. The molecule has 8 nitrogen and oxygen atoms in total. The van der Waals surface area contributed by atoms with Crippen LogP contribution in [0.25, 0.3) is 0 Å². The lowest BCUT2D eigenvalue weighted by Gasteiger charge is -2.11. The molecule has 1 amide bonds. The Kier molecular flexibility index (Phi) is 5.66. The number of nitrogens with zero attached hydrogens (tertiary/aromatic N) is 4. The first kappa shape index (κ1) is 19.8. The molecule has 1 aromatic carbocycles. The Balaban J connectivity index is 1.74. The monoisotopic (exact) mass is 425 g/mol. The minimum Gasteiger partial charge on any atom is -0.476 e. The van der Waals surface area contributed by atoms with Crippen molar-refractivity contribution in [2.24, 2.45) is 0 Å². The van der Waals surface area contributed by atoms with Crippen molar-refractivity contribution in [2.75, 3.05) is 5.32 Å². The van der Waals surface area contributed by atoms with E-state index in [1.165, 1.54) is 46.9 Å². The molecule has 3 rings (SSSR count). The largest absolute Gasteiger partial charge is 0.476 e. The molecule has 146 valence electrons. The van der Waals surface area contributed by atoms with E-state index in [0.717, 1.165) is 0 Å². The number of hydrogen-bond acceptors (Lipinski definition) is 4. The Morgan fingerprint density at radius 2 is 2.00 bits per heavy atom. The number of aromatic nitrogens is 4. The number of nitrogens with one attached hydrogen (secondary N) is 1. The number of aromatic carboxylic acids is 1. The molecular formula is C17H14Cl2FN5O3. The van der Waals surface area contributed by atoms with E-state index in [1.807, 2.05) is 0 Å². The van der Waals surface area contributed by atoms with Crippen molar-refractivity contribution in [1.82, 2.24) is 19.6 Å². The molecule has 0 radical (unpaired) electrons. The standard InChI is InChI=1S/C17H14Cl2FN5O3/c1-9(25-6-5-14(22-25)17(27)28)16(26)21-15-12(19)8-24(23-15)7-10-11(18)3-2-4-13(10)20/h2-6,8-9H,7H2,1H3,(H,27,28)(H,21,23,26). The Labute approximate surface area is 168 Å². The molecule has 0 aliphatic rings. The number of amides is 1. The molecule has 28 heavy (non-hydrogen) atoms. The van der Waals surface area contributed by atoms with Gasteiger partial charge in [-0.15, -0.1) is 0 Å². The summed E-state index contributed by atoms with van der Waals surface area (Å²) in [5.74, 6) is -2.10. The van der Waals surface area contributed by atoms with E-state index in [1.54, 1.807) is 6.07 Å². The maximum absolute atomic E-state index is 13.9. The number of hydrogen-bond donors (Lipinski definition) is 2. The fraction of sp³-hybridized carbons (Fsp3) is 0.176. The van der Waals surface area contributed by atoms with Gasteiger partial charge in [-0.05, 0) is 25.1 Å². The second kappa shape index (κ2) is 7.99.